The van der Waals surface area contributed by atoms with E-state index in [2.05, 4.69) is 4.72 Å². The van der Waals surface area contributed by atoms with Gasteiger partial charge < -0.3 is 4.74 Å². The van der Waals surface area contributed by atoms with Crippen molar-refractivity contribution in [1.29, 1.82) is 0 Å². The van der Waals surface area contributed by atoms with Crippen LogP contribution in [0.25, 0.3) is 0 Å². The van der Waals surface area contributed by atoms with Crippen molar-refractivity contribution in [3.8, 4) is 5.75 Å². The van der Waals surface area contributed by atoms with Gasteiger partial charge in [-0.3, -0.25) is 0 Å². The van der Waals surface area contributed by atoms with E-state index in [1.54, 1.807) is 6.92 Å². The molecule has 1 aliphatic heterocycles. The molecular formula is C10H13NO3S. The molecule has 1 N–H and O–H groups in total. The lowest BCUT2D eigenvalue weighted by molar-refractivity contribution is 0.325. The number of benzene rings is 1. The lowest BCUT2D eigenvalue weighted by Crippen LogP contribution is -2.30. The first kappa shape index (κ1) is 10.4. The second-order valence-electron chi connectivity index (χ2n) is 3.42. The Morgan fingerprint density at radius 1 is 1.47 bits per heavy atom. The van der Waals surface area contributed by atoms with Crippen LogP contribution in [0.5, 0.6) is 5.75 Å². The summed E-state index contributed by atoms with van der Waals surface area (Å²) in [6.45, 7) is 1.99. The largest absolute Gasteiger partial charge is 0.491 e. The average molecular weight is 227 g/mol. The van der Waals surface area contributed by atoms with Gasteiger partial charge in [0, 0.05) is 5.56 Å². The molecule has 5 heteroatoms. The zero-order valence-corrected chi connectivity index (χ0v) is 9.25. The predicted octanol–water partition coefficient (Wildman–Crippen LogP) is 1.06. The third-order valence-electron chi connectivity index (χ3n) is 2.40. The topological polar surface area (TPSA) is 55.4 Å². The summed E-state index contributed by atoms with van der Waals surface area (Å²) < 4.78 is 30.8. The Bertz CT molecular complexity index is 455. The molecule has 0 bridgehead atoms. The summed E-state index contributed by atoms with van der Waals surface area (Å²) in [5.74, 6) is 0.854. The van der Waals surface area contributed by atoms with Gasteiger partial charge in [0.2, 0.25) is 10.0 Å². The second-order valence-corrected chi connectivity index (χ2v) is 5.47. The van der Waals surface area contributed by atoms with Crippen molar-refractivity contribution in [1.82, 2.24) is 4.72 Å². The van der Waals surface area contributed by atoms with Crippen molar-refractivity contribution in [3.63, 3.8) is 0 Å². The first-order chi connectivity index (χ1) is 7.12. The lowest BCUT2D eigenvalue weighted by atomic mass is 10.1. The van der Waals surface area contributed by atoms with Crippen LogP contribution in [0.4, 0.5) is 0 Å². The normalized spacial score (nSPS) is 19.7. The van der Waals surface area contributed by atoms with E-state index in [-0.39, 0.29) is 11.8 Å². The molecule has 2 rings (SSSR count). The summed E-state index contributed by atoms with van der Waals surface area (Å²) in [7, 11) is -3.18. The third kappa shape index (κ3) is 2.13. The molecule has 1 aromatic carbocycles. The van der Waals surface area contributed by atoms with Crippen LogP contribution >= 0.6 is 0 Å². The number of hydrogen-bond donors (Lipinski definition) is 1. The van der Waals surface area contributed by atoms with E-state index >= 15 is 0 Å². The number of sulfonamides is 1. The Labute approximate surface area is 89.3 Å². The van der Waals surface area contributed by atoms with Gasteiger partial charge in [0.1, 0.15) is 12.4 Å². The molecule has 1 aliphatic rings. The predicted molar refractivity (Wildman–Crippen MR) is 57.3 cm³/mol. The van der Waals surface area contributed by atoms with Gasteiger partial charge in [0.25, 0.3) is 0 Å². The van der Waals surface area contributed by atoms with Gasteiger partial charge in [-0.1, -0.05) is 18.2 Å². The zero-order chi connectivity index (χ0) is 10.9. The SMILES string of the molecule is CCS(=O)(=O)N[C@@H]1COc2ccccc21. The molecule has 0 fully saturated rings. The van der Waals surface area contributed by atoms with Gasteiger partial charge in [-0.25, -0.2) is 13.1 Å². The minimum atomic E-state index is -3.18. The highest BCUT2D eigenvalue weighted by atomic mass is 32.2. The van der Waals surface area contributed by atoms with Crippen LogP contribution in [0, 0.1) is 0 Å². The number of ether oxygens (including phenoxy) is 1. The maximum absolute atomic E-state index is 11.4. The minimum absolute atomic E-state index is 0.0890. The summed E-state index contributed by atoms with van der Waals surface area (Å²) in [5.41, 5.74) is 0.912. The summed E-state index contributed by atoms with van der Waals surface area (Å²) >= 11 is 0. The summed E-state index contributed by atoms with van der Waals surface area (Å²) in [6.07, 6.45) is 0. The zero-order valence-electron chi connectivity index (χ0n) is 8.43. The average Bonchev–Trinajstić information content (AvgIpc) is 2.62. The van der Waals surface area contributed by atoms with Gasteiger partial charge in [0.15, 0.2) is 0 Å². The smallest absolute Gasteiger partial charge is 0.212 e. The van der Waals surface area contributed by atoms with Gasteiger partial charge >= 0.3 is 0 Å². The molecule has 0 spiro atoms. The van der Waals surface area contributed by atoms with Crippen molar-refractivity contribution in [2.24, 2.45) is 0 Å². The highest BCUT2D eigenvalue weighted by Gasteiger charge is 2.26. The molecule has 0 amide bonds. The fourth-order valence-corrected chi connectivity index (χ4v) is 2.36. The maximum atomic E-state index is 11.4. The fourth-order valence-electron chi connectivity index (χ4n) is 1.56. The van der Waals surface area contributed by atoms with Gasteiger partial charge in [-0.2, -0.15) is 0 Å². The number of hydrogen-bond acceptors (Lipinski definition) is 3. The quantitative estimate of drug-likeness (QED) is 0.840. The number of nitrogens with one attached hydrogen (secondary N) is 1. The van der Waals surface area contributed by atoms with Crippen molar-refractivity contribution in [2.75, 3.05) is 12.4 Å². The highest BCUT2D eigenvalue weighted by Crippen LogP contribution is 2.31. The van der Waals surface area contributed by atoms with E-state index in [1.807, 2.05) is 24.3 Å². The van der Waals surface area contributed by atoms with E-state index in [0.717, 1.165) is 11.3 Å². The minimum Gasteiger partial charge on any atom is -0.491 e. The monoisotopic (exact) mass is 227 g/mol. The summed E-state index contributed by atoms with van der Waals surface area (Å²) in [5, 5.41) is 0. The van der Waals surface area contributed by atoms with Crippen molar-refractivity contribution < 1.29 is 13.2 Å². The van der Waals surface area contributed by atoms with Crippen LogP contribution in [0.3, 0.4) is 0 Å². The molecular weight excluding hydrogens is 214 g/mol. The van der Waals surface area contributed by atoms with Crippen LogP contribution in [-0.4, -0.2) is 20.8 Å². The summed E-state index contributed by atoms with van der Waals surface area (Å²) in [6, 6.07) is 7.22. The van der Waals surface area contributed by atoms with Crippen LogP contribution in [-0.2, 0) is 10.0 Å². The second kappa shape index (κ2) is 3.83. The van der Waals surface area contributed by atoms with Gasteiger partial charge in [-0.05, 0) is 13.0 Å². The fraction of sp³-hybridized carbons (Fsp3) is 0.400. The molecule has 0 aliphatic carbocycles. The van der Waals surface area contributed by atoms with Crippen LogP contribution in [0.1, 0.15) is 18.5 Å². The Morgan fingerprint density at radius 3 is 2.93 bits per heavy atom. The van der Waals surface area contributed by atoms with E-state index in [1.165, 1.54) is 0 Å². The Morgan fingerprint density at radius 2 is 2.20 bits per heavy atom. The third-order valence-corrected chi connectivity index (χ3v) is 3.81. The van der Waals surface area contributed by atoms with E-state index in [9.17, 15) is 8.42 Å². The molecule has 15 heavy (non-hydrogen) atoms. The molecule has 0 radical (unpaired) electrons. The highest BCUT2D eigenvalue weighted by molar-refractivity contribution is 7.89. The molecule has 4 nitrogen and oxygen atoms in total. The number of rotatable bonds is 3. The molecule has 1 heterocycles. The maximum Gasteiger partial charge on any atom is 0.212 e. The molecule has 82 valence electrons. The number of para-hydroxylation sites is 1. The van der Waals surface area contributed by atoms with E-state index in [4.69, 9.17) is 4.74 Å². The van der Waals surface area contributed by atoms with Crippen LogP contribution < -0.4 is 9.46 Å². The van der Waals surface area contributed by atoms with Crippen LogP contribution in [0.15, 0.2) is 24.3 Å². The molecule has 1 aromatic rings. The molecule has 0 unspecified atom stereocenters. The molecule has 0 saturated carbocycles. The first-order valence-electron chi connectivity index (χ1n) is 4.84. The van der Waals surface area contributed by atoms with Crippen LogP contribution in [0.2, 0.25) is 0 Å². The van der Waals surface area contributed by atoms with Gasteiger partial charge in [0.05, 0.1) is 11.8 Å². The Hall–Kier alpha value is -1.07. The molecule has 0 saturated heterocycles. The molecule has 0 aromatic heterocycles. The summed E-state index contributed by atoms with van der Waals surface area (Å²) in [4.78, 5) is 0. The Balaban J connectivity index is 2.22. The van der Waals surface area contributed by atoms with Crippen molar-refractivity contribution in [2.45, 2.75) is 13.0 Å². The van der Waals surface area contributed by atoms with E-state index in [0.29, 0.717) is 6.61 Å². The Kier molecular flexibility index (Phi) is 2.67. The standard InChI is InChI=1S/C10H13NO3S/c1-2-15(12,13)11-9-7-14-10-6-4-3-5-8(9)10/h3-6,9,11H,2,7H2,1H3/t9-/m1/s1. The van der Waals surface area contributed by atoms with Crippen molar-refractivity contribution >= 4 is 10.0 Å². The first-order valence-corrected chi connectivity index (χ1v) is 6.49. The molecule has 1 atom stereocenters. The van der Waals surface area contributed by atoms with E-state index < -0.39 is 10.0 Å². The lowest BCUT2D eigenvalue weighted by Gasteiger charge is -2.10. The number of fused-ring (bicyclic) bond motifs is 1. The van der Waals surface area contributed by atoms with Gasteiger partial charge in [-0.15, -0.1) is 0 Å². The van der Waals surface area contributed by atoms with Crippen molar-refractivity contribution in [3.05, 3.63) is 29.8 Å².